The van der Waals surface area contributed by atoms with Crippen molar-refractivity contribution in [1.82, 2.24) is 0 Å². The zero-order chi connectivity index (χ0) is 27.8. The highest BCUT2D eigenvalue weighted by Crippen LogP contribution is 2.44. The molecule has 0 aromatic heterocycles. The van der Waals surface area contributed by atoms with Crippen LogP contribution in [0, 0.1) is 27.3 Å². The molecule has 0 amide bonds. The molecule has 2 nitrogen and oxygen atoms in total. The second-order valence-corrected chi connectivity index (χ2v) is 11.9. The second kappa shape index (κ2) is 8.73. The molecule has 2 heterocycles. The highest BCUT2D eigenvalue weighted by atomic mass is 15.1. The van der Waals surface area contributed by atoms with Gasteiger partial charge < -0.3 is 4.90 Å². The summed E-state index contributed by atoms with van der Waals surface area (Å²) in [6, 6.07) is 35.4. The van der Waals surface area contributed by atoms with E-state index >= 15 is 0 Å². The minimum Gasteiger partial charge on any atom is -0.312 e. The van der Waals surface area contributed by atoms with Crippen LogP contribution in [-0.2, 0) is 5.41 Å². The van der Waals surface area contributed by atoms with Crippen molar-refractivity contribution in [1.29, 1.82) is 0 Å². The number of benzene rings is 5. The van der Waals surface area contributed by atoms with Crippen LogP contribution in [0.25, 0.3) is 16.0 Å². The standard InChI is InChI=1S/C37H31BN2/c1-23-10-15-29(16-11-23)40-33-18-12-24(2)20-32(33)38-31-17-14-27(26-8-7-9-28(21-26)39-6)22-30(31)37(4,5)35-25(3)13-19-34(40)36(35)38/h7-22H,1-5H3. The molecule has 0 atom stereocenters. The molecule has 40 heavy (non-hydrogen) atoms. The minimum atomic E-state index is -0.186. The van der Waals surface area contributed by atoms with Gasteiger partial charge in [-0.15, -0.1) is 0 Å². The third-order valence-corrected chi connectivity index (χ3v) is 8.96. The Morgan fingerprint density at radius 3 is 2.20 bits per heavy atom. The van der Waals surface area contributed by atoms with Gasteiger partial charge in [0, 0.05) is 22.5 Å². The van der Waals surface area contributed by atoms with Gasteiger partial charge >= 0.3 is 0 Å². The van der Waals surface area contributed by atoms with Crippen molar-refractivity contribution in [3.63, 3.8) is 0 Å². The Hall–Kier alpha value is -4.55. The lowest BCUT2D eigenvalue weighted by molar-refractivity contribution is 0.641. The van der Waals surface area contributed by atoms with E-state index in [1.165, 1.54) is 61.3 Å². The van der Waals surface area contributed by atoms with Crippen LogP contribution in [0.4, 0.5) is 22.7 Å². The van der Waals surface area contributed by atoms with Gasteiger partial charge in [0.15, 0.2) is 5.69 Å². The highest BCUT2D eigenvalue weighted by Gasteiger charge is 2.46. The number of nitrogens with zero attached hydrogens (tertiary/aromatic N) is 2. The number of fused-ring (bicyclic) bond motifs is 4. The molecule has 0 spiro atoms. The lowest BCUT2D eigenvalue weighted by Crippen LogP contribution is -2.64. The average Bonchev–Trinajstić information content (AvgIpc) is 2.96. The molecular weight excluding hydrogens is 483 g/mol. The molecular formula is C37H31BN2. The van der Waals surface area contributed by atoms with Crippen LogP contribution in [0.2, 0.25) is 0 Å². The Morgan fingerprint density at radius 2 is 1.43 bits per heavy atom. The van der Waals surface area contributed by atoms with Gasteiger partial charge in [-0.1, -0.05) is 97.2 Å². The summed E-state index contributed by atoms with van der Waals surface area (Å²) >= 11 is 0. The molecule has 0 saturated carbocycles. The fourth-order valence-electron chi connectivity index (χ4n) is 7.14. The van der Waals surface area contributed by atoms with E-state index in [9.17, 15) is 0 Å². The van der Waals surface area contributed by atoms with Gasteiger partial charge in [0.2, 0.25) is 6.71 Å². The summed E-state index contributed by atoms with van der Waals surface area (Å²) in [5.74, 6) is 0. The van der Waals surface area contributed by atoms with Crippen LogP contribution in [0.5, 0.6) is 0 Å². The summed E-state index contributed by atoms with van der Waals surface area (Å²) in [4.78, 5) is 6.14. The average molecular weight is 514 g/mol. The smallest absolute Gasteiger partial charge is 0.247 e. The third kappa shape index (κ3) is 3.49. The fraction of sp³-hybridized carbons (Fsp3) is 0.162. The van der Waals surface area contributed by atoms with Gasteiger partial charge in [0.1, 0.15) is 0 Å². The van der Waals surface area contributed by atoms with Gasteiger partial charge in [0.25, 0.3) is 0 Å². The first-order chi connectivity index (χ1) is 19.3. The van der Waals surface area contributed by atoms with Crippen LogP contribution in [0.15, 0.2) is 97.1 Å². The summed E-state index contributed by atoms with van der Waals surface area (Å²) < 4.78 is 0. The van der Waals surface area contributed by atoms with E-state index in [2.05, 4.69) is 123 Å². The predicted molar refractivity (Wildman–Crippen MR) is 170 cm³/mol. The van der Waals surface area contributed by atoms with Crippen molar-refractivity contribution in [2.75, 3.05) is 4.90 Å². The van der Waals surface area contributed by atoms with Crippen molar-refractivity contribution in [2.24, 2.45) is 0 Å². The molecule has 192 valence electrons. The van der Waals surface area contributed by atoms with Crippen molar-refractivity contribution in [2.45, 2.75) is 40.0 Å². The Morgan fingerprint density at radius 1 is 0.700 bits per heavy atom. The molecule has 0 unspecified atom stereocenters. The minimum absolute atomic E-state index is 0.160. The van der Waals surface area contributed by atoms with Crippen LogP contribution >= 0.6 is 0 Å². The molecule has 0 fully saturated rings. The zero-order valence-electron chi connectivity index (χ0n) is 23.7. The molecule has 2 aliphatic heterocycles. The van der Waals surface area contributed by atoms with E-state index < -0.39 is 0 Å². The number of hydrogen-bond acceptors (Lipinski definition) is 1. The summed E-state index contributed by atoms with van der Waals surface area (Å²) in [6.07, 6.45) is 0. The highest BCUT2D eigenvalue weighted by molar-refractivity contribution is 6.99. The summed E-state index contributed by atoms with van der Waals surface area (Å²) in [7, 11) is 0. The normalized spacial score (nSPS) is 14.2. The van der Waals surface area contributed by atoms with Gasteiger partial charge in [-0.2, -0.15) is 0 Å². The molecule has 2 aliphatic rings. The fourth-order valence-corrected chi connectivity index (χ4v) is 7.14. The van der Waals surface area contributed by atoms with E-state index in [1.54, 1.807) is 0 Å². The maximum Gasteiger partial charge on any atom is 0.247 e. The molecule has 7 rings (SSSR count). The molecule has 5 aromatic carbocycles. The Balaban J connectivity index is 1.53. The largest absolute Gasteiger partial charge is 0.312 e. The van der Waals surface area contributed by atoms with Gasteiger partial charge in [0.05, 0.1) is 6.57 Å². The molecule has 0 radical (unpaired) electrons. The maximum atomic E-state index is 7.50. The van der Waals surface area contributed by atoms with Crippen molar-refractivity contribution < 1.29 is 0 Å². The van der Waals surface area contributed by atoms with E-state index in [1.807, 2.05) is 18.2 Å². The maximum absolute atomic E-state index is 7.50. The predicted octanol–water partition coefficient (Wildman–Crippen LogP) is 7.77. The lowest BCUT2D eigenvalue weighted by Gasteiger charge is -2.46. The number of anilines is 3. The molecule has 3 heteroatoms. The van der Waals surface area contributed by atoms with Crippen molar-refractivity contribution in [3.05, 3.63) is 136 Å². The topological polar surface area (TPSA) is 7.60 Å². The van der Waals surface area contributed by atoms with Crippen LogP contribution in [0.3, 0.4) is 0 Å². The third-order valence-electron chi connectivity index (χ3n) is 8.96. The summed E-state index contributed by atoms with van der Waals surface area (Å²) in [5, 5.41) is 0. The Labute approximate surface area is 237 Å². The monoisotopic (exact) mass is 514 g/mol. The Kier molecular flexibility index (Phi) is 5.35. The second-order valence-electron chi connectivity index (χ2n) is 11.9. The van der Waals surface area contributed by atoms with Crippen LogP contribution in [-0.4, -0.2) is 6.71 Å². The van der Waals surface area contributed by atoms with E-state index in [4.69, 9.17) is 6.57 Å². The lowest BCUT2D eigenvalue weighted by atomic mass is 9.30. The number of hydrogen-bond donors (Lipinski definition) is 0. The molecule has 5 aromatic rings. The van der Waals surface area contributed by atoms with Crippen molar-refractivity contribution in [3.8, 4) is 11.1 Å². The number of aryl methyl sites for hydroxylation is 3. The molecule has 0 bridgehead atoms. The van der Waals surface area contributed by atoms with E-state index in [0.717, 1.165) is 11.1 Å². The van der Waals surface area contributed by atoms with E-state index in [-0.39, 0.29) is 12.1 Å². The van der Waals surface area contributed by atoms with Gasteiger partial charge in [-0.25, -0.2) is 4.85 Å². The van der Waals surface area contributed by atoms with Crippen LogP contribution < -0.4 is 21.3 Å². The molecule has 0 saturated heterocycles. The van der Waals surface area contributed by atoms with Gasteiger partial charge in [-0.05, 0) is 89.8 Å². The summed E-state index contributed by atoms with van der Waals surface area (Å²) in [6.45, 7) is 19.0. The first kappa shape index (κ1) is 24.5. The van der Waals surface area contributed by atoms with Gasteiger partial charge in [-0.3, -0.25) is 0 Å². The summed E-state index contributed by atoms with van der Waals surface area (Å²) in [5.41, 5.74) is 17.3. The Bertz CT molecular complexity index is 1870. The first-order valence-electron chi connectivity index (χ1n) is 14.0. The van der Waals surface area contributed by atoms with E-state index in [0.29, 0.717) is 5.69 Å². The molecule has 0 aliphatic carbocycles. The van der Waals surface area contributed by atoms with Crippen molar-refractivity contribution >= 4 is 45.9 Å². The first-order valence-corrected chi connectivity index (χ1v) is 14.0. The zero-order valence-corrected chi connectivity index (χ0v) is 23.7. The SMILES string of the molecule is [C-]#[N+]c1cccc(-c2ccc3c(c2)C(C)(C)c2c(C)ccc4c2B3c2cc(C)ccc2N4c2ccc(C)cc2)c1. The quantitative estimate of drug-likeness (QED) is 0.169. The number of rotatable bonds is 2. The molecule has 0 N–H and O–H groups in total. The van der Waals surface area contributed by atoms with Crippen LogP contribution in [0.1, 0.15) is 41.7 Å².